The molecule has 0 spiro atoms. The van der Waals surface area contributed by atoms with Gasteiger partial charge in [0.15, 0.2) is 5.76 Å². The second kappa shape index (κ2) is 4.60. The zero-order valence-electron chi connectivity index (χ0n) is 11.7. The van der Waals surface area contributed by atoms with Crippen LogP contribution in [0.5, 0.6) is 5.19 Å². The van der Waals surface area contributed by atoms with Crippen molar-refractivity contribution in [3.05, 3.63) is 36.0 Å². The van der Waals surface area contributed by atoms with Crippen molar-refractivity contribution < 1.29 is 9.15 Å². The molecule has 0 radical (unpaired) electrons. The van der Waals surface area contributed by atoms with Gasteiger partial charge in [0.2, 0.25) is 4.96 Å². The largest absolute Gasteiger partial charge is 0.472 e. The summed E-state index contributed by atoms with van der Waals surface area (Å²) in [7, 11) is 1.60. The van der Waals surface area contributed by atoms with E-state index in [1.165, 1.54) is 16.9 Å². The first-order valence-corrected chi connectivity index (χ1v) is 7.51. The molecule has 6 heteroatoms. The predicted molar refractivity (Wildman–Crippen MR) is 82.0 cm³/mol. The van der Waals surface area contributed by atoms with Gasteiger partial charge in [-0.25, -0.2) is 9.50 Å². The predicted octanol–water partition coefficient (Wildman–Crippen LogP) is 3.78. The molecule has 0 amide bonds. The Morgan fingerprint density at radius 1 is 1.33 bits per heavy atom. The number of aromatic nitrogens is 3. The van der Waals surface area contributed by atoms with Gasteiger partial charge >= 0.3 is 0 Å². The van der Waals surface area contributed by atoms with Crippen LogP contribution in [0.1, 0.15) is 12.5 Å². The molecule has 1 aromatic carbocycles. The van der Waals surface area contributed by atoms with Gasteiger partial charge in [0.1, 0.15) is 11.3 Å². The maximum Gasteiger partial charge on any atom is 0.294 e. The van der Waals surface area contributed by atoms with Gasteiger partial charge in [-0.15, -0.1) is 5.10 Å². The van der Waals surface area contributed by atoms with Crippen LogP contribution < -0.4 is 4.74 Å². The fourth-order valence-electron chi connectivity index (χ4n) is 2.30. The average Bonchev–Trinajstić information content (AvgIpc) is 3.17. The molecule has 0 fully saturated rings. The Labute approximate surface area is 124 Å². The highest BCUT2D eigenvalue weighted by Crippen LogP contribution is 2.30. The summed E-state index contributed by atoms with van der Waals surface area (Å²) in [5, 5.41) is 5.95. The molecule has 0 aliphatic carbocycles. The molecule has 0 unspecified atom stereocenters. The molecule has 4 aromatic rings. The molecule has 0 atom stereocenters. The molecule has 0 aliphatic rings. The molecule has 0 bridgehead atoms. The molecular formula is C15H13N3O2S. The number of furan rings is 1. The van der Waals surface area contributed by atoms with Crippen LogP contribution in [0.25, 0.3) is 27.4 Å². The van der Waals surface area contributed by atoms with Crippen molar-refractivity contribution in [3.8, 4) is 16.6 Å². The van der Waals surface area contributed by atoms with Crippen molar-refractivity contribution in [2.24, 2.45) is 0 Å². The Balaban J connectivity index is 1.81. The molecule has 0 aliphatic heterocycles. The van der Waals surface area contributed by atoms with E-state index in [9.17, 15) is 0 Å². The molecule has 0 saturated carbocycles. The van der Waals surface area contributed by atoms with Crippen LogP contribution in [0, 0.1) is 0 Å². The first-order valence-electron chi connectivity index (χ1n) is 6.70. The molecule has 21 heavy (non-hydrogen) atoms. The van der Waals surface area contributed by atoms with E-state index in [1.54, 1.807) is 11.6 Å². The molecule has 4 rings (SSSR count). The number of hydrogen-bond donors (Lipinski definition) is 0. The summed E-state index contributed by atoms with van der Waals surface area (Å²) >= 11 is 1.40. The van der Waals surface area contributed by atoms with Crippen LogP contribution in [0.15, 0.2) is 34.9 Å². The van der Waals surface area contributed by atoms with E-state index in [2.05, 4.69) is 35.2 Å². The maximum absolute atomic E-state index is 5.92. The number of benzene rings is 1. The first-order chi connectivity index (χ1) is 10.3. The van der Waals surface area contributed by atoms with Crippen LogP contribution in [0.3, 0.4) is 0 Å². The van der Waals surface area contributed by atoms with Gasteiger partial charge in [-0.05, 0) is 35.5 Å². The SMILES string of the molecule is CCc1ccc2cc(-c3cn4nc(OC)sc4n3)oc2c1. The summed E-state index contributed by atoms with van der Waals surface area (Å²) in [4.78, 5) is 5.32. The van der Waals surface area contributed by atoms with Crippen molar-refractivity contribution in [2.75, 3.05) is 7.11 Å². The standard InChI is InChI=1S/C15H13N3O2S/c1-3-9-4-5-10-7-13(20-12(10)6-9)11-8-18-14(16-11)21-15(17-18)19-2/h4-8H,3H2,1-2H3. The molecular weight excluding hydrogens is 286 g/mol. The lowest BCUT2D eigenvalue weighted by Gasteiger charge is -1.94. The third-order valence-electron chi connectivity index (χ3n) is 3.44. The highest BCUT2D eigenvalue weighted by molar-refractivity contribution is 7.18. The first kappa shape index (κ1) is 12.4. The molecule has 106 valence electrons. The third-order valence-corrected chi connectivity index (χ3v) is 4.33. The number of nitrogens with zero attached hydrogens (tertiary/aromatic N) is 3. The van der Waals surface area contributed by atoms with Gasteiger partial charge in [0, 0.05) is 5.39 Å². The zero-order chi connectivity index (χ0) is 14.4. The van der Waals surface area contributed by atoms with E-state index in [0.29, 0.717) is 5.19 Å². The minimum atomic E-state index is 0.598. The number of ether oxygens (including phenoxy) is 1. The van der Waals surface area contributed by atoms with E-state index in [-0.39, 0.29) is 0 Å². The fourth-order valence-corrected chi connectivity index (χ4v) is 3.00. The lowest BCUT2D eigenvalue weighted by atomic mass is 10.1. The number of methoxy groups -OCH3 is 1. The van der Waals surface area contributed by atoms with Crippen LogP contribution in [0.2, 0.25) is 0 Å². The van der Waals surface area contributed by atoms with E-state index < -0.39 is 0 Å². The van der Waals surface area contributed by atoms with Crippen molar-refractivity contribution in [1.82, 2.24) is 14.6 Å². The van der Waals surface area contributed by atoms with Crippen molar-refractivity contribution in [2.45, 2.75) is 13.3 Å². The highest BCUT2D eigenvalue weighted by atomic mass is 32.1. The topological polar surface area (TPSA) is 52.6 Å². The summed E-state index contributed by atoms with van der Waals surface area (Å²) in [5.41, 5.74) is 2.94. The smallest absolute Gasteiger partial charge is 0.294 e. The summed E-state index contributed by atoms with van der Waals surface area (Å²) in [5.74, 6) is 0.759. The van der Waals surface area contributed by atoms with Gasteiger partial charge in [-0.2, -0.15) is 0 Å². The van der Waals surface area contributed by atoms with Crippen LogP contribution >= 0.6 is 11.3 Å². The third kappa shape index (κ3) is 1.99. The Bertz CT molecular complexity index is 904. The molecule has 3 heterocycles. The molecule has 0 saturated heterocycles. The van der Waals surface area contributed by atoms with Gasteiger partial charge in [-0.1, -0.05) is 19.1 Å². The molecule has 5 nitrogen and oxygen atoms in total. The summed E-state index contributed by atoms with van der Waals surface area (Å²) in [6.07, 6.45) is 2.85. The van der Waals surface area contributed by atoms with Crippen LogP contribution in [0.4, 0.5) is 0 Å². The lowest BCUT2D eigenvalue weighted by molar-refractivity contribution is 0.405. The Morgan fingerprint density at radius 2 is 2.24 bits per heavy atom. The summed E-state index contributed by atoms with van der Waals surface area (Å²) in [6.45, 7) is 2.13. The monoisotopic (exact) mass is 299 g/mol. The van der Waals surface area contributed by atoms with Gasteiger partial charge in [0.25, 0.3) is 5.19 Å². The van der Waals surface area contributed by atoms with E-state index in [1.807, 2.05) is 12.3 Å². The highest BCUT2D eigenvalue weighted by Gasteiger charge is 2.13. The minimum Gasteiger partial charge on any atom is -0.472 e. The number of fused-ring (bicyclic) bond motifs is 2. The quantitative estimate of drug-likeness (QED) is 0.578. The Kier molecular flexibility index (Phi) is 2.71. The summed E-state index contributed by atoms with van der Waals surface area (Å²) < 4.78 is 12.7. The summed E-state index contributed by atoms with van der Waals surface area (Å²) in [6, 6.07) is 8.30. The second-order valence-electron chi connectivity index (χ2n) is 4.76. The van der Waals surface area contributed by atoms with Gasteiger partial charge < -0.3 is 9.15 Å². The Hall–Kier alpha value is -2.34. The number of aryl methyl sites for hydroxylation is 1. The normalized spacial score (nSPS) is 11.5. The zero-order valence-corrected chi connectivity index (χ0v) is 12.5. The average molecular weight is 299 g/mol. The molecule has 3 aromatic heterocycles. The van der Waals surface area contributed by atoms with Crippen molar-refractivity contribution >= 4 is 27.3 Å². The van der Waals surface area contributed by atoms with E-state index >= 15 is 0 Å². The minimum absolute atomic E-state index is 0.598. The maximum atomic E-state index is 5.92. The fraction of sp³-hybridized carbons (Fsp3) is 0.200. The lowest BCUT2D eigenvalue weighted by Crippen LogP contribution is -1.84. The number of imidazole rings is 1. The number of rotatable bonds is 3. The van der Waals surface area contributed by atoms with E-state index in [4.69, 9.17) is 9.15 Å². The van der Waals surface area contributed by atoms with Crippen LogP contribution in [-0.2, 0) is 6.42 Å². The van der Waals surface area contributed by atoms with E-state index in [0.717, 1.165) is 33.8 Å². The van der Waals surface area contributed by atoms with Crippen molar-refractivity contribution in [1.29, 1.82) is 0 Å². The number of hydrogen-bond acceptors (Lipinski definition) is 5. The molecule has 0 N–H and O–H groups in total. The van der Waals surface area contributed by atoms with Crippen molar-refractivity contribution in [3.63, 3.8) is 0 Å². The van der Waals surface area contributed by atoms with Gasteiger partial charge in [0.05, 0.1) is 13.3 Å². The van der Waals surface area contributed by atoms with Crippen LogP contribution in [-0.4, -0.2) is 21.7 Å². The second-order valence-corrected chi connectivity index (χ2v) is 5.68. The Morgan fingerprint density at radius 3 is 3.00 bits per heavy atom. The van der Waals surface area contributed by atoms with Gasteiger partial charge in [-0.3, -0.25) is 0 Å².